The van der Waals surface area contributed by atoms with E-state index in [1.165, 1.54) is 12.8 Å². The molecule has 0 N–H and O–H groups in total. The van der Waals surface area contributed by atoms with E-state index in [1.54, 1.807) is 0 Å². The van der Waals surface area contributed by atoms with Gasteiger partial charge in [-0.1, -0.05) is 33.8 Å². The molecule has 0 amide bonds. The molecule has 0 aromatic heterocycles. The third kappa shape index (κ3) is 2.20. The largest absolute Gasteiger partial charge is 0.373 e. The summed E-state index contributed by atoms with van der Waals surface area (Å²) in [5, 5.41) is 0. The Balaban J connectivity index is 2.69. The van der Waals surface area contributed by atoms with Gasteiger partial charge in [-0.05, 0) is 30.1 Å². The zero-order valence-corrected chi connectivity index (χ0v) is 10.0. The zero-order chi connectivity index (χ0) is 10.8. The van der Waals surface area contributed by atoms with Crippen molar-refractivity contribution in [2.45, 2.75) is 46.6 Å². The van der Waals surface area contributed by atoms with Gasteiger partial charge < -0.3 is 4.74 Å². The number of ether oxygens (including phenoxy) is 1. The molecule has 0 unspecified atom stereocenters. The van der Waals surface area contributed by atoms with Gasteiger partial charge in [0, 0.05) is 0 Å². The number of rotatable bonds is 3. The van der Waals surface area contributed by atoms with Crippen LogP contribution < -0.4 is 0 Å². The van der Waals surface area contributed by atoms with Crippen LogP contribution in [0.2, 0.25) is 0 Å². The Labute approximate surface area is 88.5 Å². The Morgan fingerprint density at radius 1 is 1.36 bits per heavy atom. The van der Waals surface area contributed by atoms with Crippen LogP contribution in [0.15, 0.2) is 12.7 Å². The predicted molar refractivity (Wildman–Crippen MR) is 61.3 cm³/mol. The van der Waals surface area contributed by atoms with Gasteiger partial charge in [0.2, 0.25) is 0 Å². The van der Waals surface area contributed by atoms with Crippen LogP contribution in [0.25, 0.3) is 0 Å². The Hall–Kier alpha value is -0.300. The van der Waals surface area contributed by atoms with Crippen molar-refractivity contribution in [3.05, 3.63) is 12.7 Å². The average molecular weight is 196 g/mol. The molecule has 3 atom stereocenters. The summed E-state index contributed by atoms with van der Waals surface area (Å²) >= 11 is 0. The maximum atomic E-state index is 5.91. The fraction of sp³-hybridized carbons (Fsp3) is 0.846. The van der Waals surface area contributed by atoms with E-state index in [2.05, 4.69) is 34.3 Å². The zero-order valence-electron chi connectivity index (χ0n) is 10.0. The maximum absolute atomic E-state index is 5.91. The van der Waals surface area contributed by atoms with Crippen LogP contribution in [-0.4, -0.2) is 12.7 Å². The van der Waals surface area contributed by atoms with E-state index in [0.29, 0.717) is 24.0 Å². The molecule has 0 spiro atoms. The third-order valence-electron chi connectivity index (χ3n) is 3.97. The smallest absolute Gasteiger partial charge is 0.0658 e. The first-order valence-corrected chi connectivity index (χ1v) is 5.72. The molecule has 0 aromatic carbocycles. The van der Waals surface area contributed by atoms with Gasteiger partial charge in [0.05, 0.1) is 12.7 Å². The van der Waals surface area contributed by atoms with E-state index < -0.39 is 0 Å². The molecule has 1 aliphatic carbocycles. The van der Waals surface area contributed by atoms with E-state index >= 15 is 0 Å². The first kappa shape index (κ1) is 11.8. The molecule has 0 heterocycles. The first-order valence-electron chi connectivity index (χ1n) is 5.72. The number of hydrogen-bond acceptors (Lipinski definition) is 1. The van der Waals surface area contributed by atoms with Crippen molar-refractivity contribution in [2.75, 3.05) is 6.61 Å². The summed E-state index contributed by atoms with van der Waals surface area (Å²) in [6, 6.07) is 0. The highest BCUT2D eigenvalue weighted by atomic mass is 16.5. The Bertz CT molecular complexity index is 195. The molecule has 1 saturated carbocycles. The second kappa shape index (κ2) is 4.48. The monoisotopic (exact) mass is 196 g/mol. The van der Waals surface area contributed by atoms with Gasteiger partial charge >= 0.3 is 0 Å². The van der Waals surface area contributed by atoms with Crippen LogP contribution >= 0.6 is 0 Å². The summed E-state index contributed by atoms with van der Waals surface area (Å²) in [5.74, 6) is 1.44. The van der Waals surface area contributed by atoms with Crippen LogP contribution in [0.5, 0.6) is 0 Å². The van der Waals surface area contributed by atoms with E-state index in [4.69, 9.17) is 4.74 Å². The fourth-order valence-electron chi connectivity index (χ4n) is 2.60. The van der Waals surface area contributed by atoms with Crippen molar-refractivity contribution < 1.29 is 4.74 Å². The van der Waals surface area contributed by atoms with Crippen LogP contribution in [-0.2, 0) is 4.74 Å². The summed E-state index contributed by atoms with van der Waals surface area (Å²) in [4.78, 5) is 0. The van der Waals surface area contributed by atoms with Crippen molar-refractivity contribution >= 4 is 0 Å². The maximum Gasteiger partial charge on any atom is 0.0658 e. The van der Waals surface area contributed by atoms with Crippen LogP contribution in [0, 0.1) is 17.3 Å². The van der Waals surface area contributed by atoms with E-state index in [1.807, 2.05) is 6.08 Å². The molecule has 0 aromatic rings. The molecule has 82 valence electrons. The molecule has 1 rings (SSSR count). The fourth-order valence-corrected chi connectivity index (χ4v) is 2.60. The summed E-state index contributed by atoms with van der Waals surface area (Å²) in [7, 11) is 0. The molecule has 1 fully saturated rings. The molecule has 0 aliphatic heterocycles. The molecule has 0 radical (unpaired) electrons. The highest BCUT2D eigenvalue weighted by Crippen LogP contribution is 2.44. The molecule has 0 bridgehead atoms. The summed E-state index contributed by atoms with van der Waals surface area (Å²) < 4.78 is 5.91. The molecule has 1 nitrogen and oxygen atoms in total. The predicted octanol–water partition coefficient (Wildman–Crippen LogP) is 3.65. The molecule has 1 heteroatoms. The Morgan fingerprint density at radius 3 is 2.57 bits per heavy atom. The topological polar surface area (TPSA) is 9.23 Å². The van der Waals surface area contributed by atoms with Crippen molar-refractivity contribution in [3.63, 3.8) is 0 Å². The average Bonchev–Trinajstić information content (AvgIpc) is 2.12. The van der Waals surface area contributed by atoms with Gasteiger partial charge in [0.25, 0.3) is 0 Å². The van der Waals surface area contributed by atoms with Crippen LogP contribution in [0.3, 0.4) is 0 Å². The molecular weight excluding hydrogens is 172 g/mol. The Kier molecular flexibility index (Phi) is 3.77. The SMILES string of the molecule is C=CCO[C@H]1[C@H](C)CC[C@H](C)C1(C)C. The third-order valence-corrected chi connectivity index (χ3v) is 3.97. The highest BCUT2D eigenvalue weighted by Gasteiger charge is 2.42. The lowest BCUT2D eigenvalue weighted by atomic mass is 9.64. The number of hydrogen-bond donors (Lipinski definition) is 0. The first-order chi connectivity index (χ1) is 6.50. The van der Waals surface area contributed by atoms with E-state index in [0.717, 1.165) is 5.92 Å². The lowest BCUT2D eigenvalue weighted by Crippen LogP contribution is -2.45. The summed E-state index contributed by atoms with van der Waals surface area (Å²) in [5.41, 5.74) is 0.306. The van der Waals surface area contributed by atoms with Gasteiger partial charge in [-0.15, -0.1) is 6.58 Å². The van der Waals surface area contributed by atoms with Gasteiger partial charge in [-0.2, -0.15) is 0 Å². The minimum atomic E-state index is 0.306. The normalized spacial score (nSPS) is 36.7. The summed E-state index contributed by atoms with van der Waals surface area (Å²) in [6.07, 6.45) is 4.88. The lowest BCUT2D eigenvalue weighted by Gasteiger charge is -2.46. The molecule has 14 heavy (non-hydrogen) atoms. The van der Waals surface area contributed by atoms with E-state index in [-0.39, 0.29) is 0 Å². The highest BCUT2D eigenvalue weighted by molar-refractivity contribution is 4.92. The lowest BCUT2D eigenvalue weighted by molar-refractivity contribution is -0.0956. The minimum absolute atomic E-state index is 0.306. The van der Waals surface area contributed by atoms with Gasteiger partial charge in [-0.3, -0.25) is 0 Å². The van der Waals surface area contributed by atoms with Crippen molar-refractivity contribution in [1.82, 2.24) is 0 Å². The second-order valence-electron chi connectivity index (χ2n) is 5.32. The Morgan fingerprint density at radius 2 is 2.00 bits per heavy atom. The molecule has 0 saturated heterocycles. The van der Waals surface area contributed by atoms with Gasteiger partial charge in [-0.25, -0.2) is 0 Å². The minimum Gasteiger partial charge on any atom is -0.373 e. The molecular formula is C13H24O. The quantitative estimate of drug-likeness (QED) is 0.626. The van der Waals surface area contributed by atoms with Crippen molar-refractivity contribution in [2.24, 2.45) is 17.3 Å². The van der Waals surface area contributed by atoms with Crippen LogP contribution in [0.4, 0.5) is 0 Å². The van der Waals surface area contributed by atoms with Gasteiger partial charge in [0.1, 0.15) is 0 Å². The van der Waals surface area contributed by atoms with E-state index in [9.17, 15) is 0 Å². The molecule has 1 aliphatic rings. The van der Waals surface area contributed by atoms with Crippen molar-refractivity contribution in [1.29, 1.82) is 0 Å². The van der Waals surface area contributed by atoms with Crippen LogP contribution in [0.1, 0.15) is 40.5 Å². The summed E-state index contributed by atoms with van der Waals surface area (Å²) in [6.45, 7) is 13.7. The second-order valence-corrected chi connectivity index (χ2v) is 5.32. The standard InChI is InChI=1S/C13H24O/c1-6-9-14-12-10(2)7-8-11(3)13(12,4)5/h6,10-12H,1,7-9H2,2-5H3/t10-,11+,12+/m1/s1. The van der Waals surface area contributed by atoms with Crippen molar-refractivity contribution in [3.8, 4) is 0 Å². The van der Waals surface area contributed by atoms with Gasteiger partial charge in [0.15, 0.2) is 0 Å².